The normalized spacial score (nSPS) is 13.1. The van der Waals surface area contributed by atoms with Gasteiger partial charge in [-0.15, -0.1) is 0 Å². The number of rotatable bonds is 62. The van der Waals surface area contributed by atoms with Crippen molar-refractivity contribution in [2.45, 2.75) is 379 Å². The largest absolute Gasteiger partial charge is 0.466 e. The molecule has 74 heavy (non-hydrogen) atoms. The van der Waals surface area contributed by atoms with Crippen LogP contribution >= 0.6 is 0 Å². The monoisotopic (exact) mass is 1040 g/mol. The van der Waals surface area contributed by atoms with Gasteiger partial charge in [0.15, 0.2) is 0 Å². The van der Waals surface area contributed by atoms with Crippen molar-refractivity contribution >= 4 is 11.9 Å². The van der Waals surface area contributed by atoms with Crippen molar-refractivity contribution in [1.82, 2.24) is 5.32 Å². The number of ether oxygens (including phenoxy) is 1. The number of amides is 1. The molecule has 0 saturated heterocycles. The predicted molar refractivity (Wildman–Crippen MR) is 321 cm³/mol. The van der Waals surface area contributed by atoms with Crippen molar-refractivity contribution in [3.63, 3.8) is 0 Å². The lowest BCUT2D eigenvalue weighted by Crippen LogP contribution is -2.50. The standard InChI is InChI=1S/C67H129NO6/c1-3-5-7-9-11-13-15-17-31-36-40-44-48-52-56-60-66(72)74-61-57-53-49-45-41-37-33-30-28-26-24-22-20-19-21-23-25-27-29-32-35-39-43-47-51-55-59-65(71)68-63(62-69)67(73)64(70)58-54-50-46-42-38-34-18-16-14-12-10-8-6-4-2/h11,13,17,31,63-64,67,69-70,73H,3-10,12,14-16,18-30,32-62H2,1-2H3,(H,68,71)/b13-11-,31-17-/t63-,64+,67-/m0/s1. The molecule has 0 aromatic rings. The third kappa shape index (κ3) is 56.5. The molecule has 0 aliphatic rings. The molecule has 438 valence electrons. The molecule has 0 spiro atoms. The van der Waals surface area contributed by atoms with E-state index in [4.69, 9.17) is 4.74 Å². The fourth-order valence-electron chi connectivity index (χ4n) is 10.5. The molecule has 3 atom stereocenters. The summed E-state index contributed by atoms with van der Waals surface area (Å²) in [7, 11) is 0. The van der Waals surface area contributed by atoms with E-state index in [0.717, 1.165) is 64.2 Å². The highest BCUT2D eigenvalue weighted by molar-refractivity contribution is 5.76. The van der Waals surface area contributed by atoms with Gasteiger partial charge in [0.2, 0.25) is 5.91 Å². The molecule has 0 aromatic heterocycles. The molecule has 1 amide bonds. The molecule has 0 radical (unpaired) electrons. The van der Waals surface area contributed by atoms with Crippen LogP contribution < -0.4 is 5.32 Å². The summed E-state index contributed by atoms with van der Waals surface area (Å²) in [6, 6.07) is -0.812. The minimum Gasteiger partial charge on any atom is -0.466 e. The third-order valence-corrected chi connectivity index (χ3v) is 15.6. The lowest BCUT2D eigenvalue weighted by molar-refractivity contribution is -0.143. The van der Waals surface area contributed by atoms with Gasteiger partial charge in [-0.3, -0.25) is 9.59 Å². The number of hydrogen-bond donors (Lipinski definition) is 4. The predicted octanol–water partition coefficient (Wildman–Crippen LogP) is 19.9. The van der Waals surface area contributed by atoms with Crippen molar-refractivity contribution in [3.05, 3.63) is 24.3 Å². The molecule has 4 N–H and O–H groups in total. The Morgan fingerprint density at radius 3 is 1.09 bits per heavy atom. The van der Waals surface area contributed by atoms with Crippen LogP contribution in [0.1, 0.15) is 361 Å². The number of carbonyl (C=O) groups excluding carboxylic acids is 2. The first-order chi connectivity index (χ1) is 36.5. The second kappa shape index (κ2) is 62.1. The van der Waals surface area contributed by atoms with Crippen LogP contribution in [0, 0.1) is 0 Å². The van der Waals surface area contributed by atoms with E-state index in [0.29, 0.717) is 25.9 Å². The summed E-state index contributed by atoms with van der Waals surface area (Å²) in [4.78, 5) is 24.6. The van der Waals surface area contributed by atoms with Crippen LogP contribution in [0.2, 0.25) is 0 Å². The molecule has 0 aromatic carbocycles. The first-order valence-electron chi connectivity index (χ1n) is 33.2. The van der Waals surface area contributed by atoms with Crippen molar-refractivity contribution in [3.8, 4) is 0 Å². The highest BCUT2D eigenvalue weighted by atomic mass is 16.5. The maximum atomic E-state index is 12.5. The molecular weight excluding hydrogens is 915 g/mol. The van der Waals surface area contributed by atoms with E-state index in [1.807, 2.05) is 0 Å². The molecular formula is C67H129NO6. The van der Waals surface area contributed by atoms with Crippen LogP contribution in [0.3, 0.4) is 0 Å². The fraction of sp³-hybridized carbons (Fsp3) is 0.910. The maximum Gasteiger partial charge on any atom is 0.305 e. The topological polar surface area (TPSA) is 116 Å². The van der Waals surface area contributed by atoms with Gasteiger partial charge in [-0.05, 0) is 57.8 Å². The van der Waals surface area contributed by atoms with Crippen molar-refractivity contribution in [1.29, 1.82) is 0 Å². The zero-order chi connectivity index (χ0) is 53.7. The second-order valence-corrected chi connectivity index (χ2v) is 22.9. The molecule has 0 bridgehead atoms. The number of allylic oxidation sites excluding steroid dienone is 4. The van der Waals surface area contributed by atoms with Gasteiger partial charge in [0.25, 0.3) is 0 Å². The number of nitrogens with one attached hydrogen (secondary N) is 1. The van der Waals surface area contributed by atoms with E-state index in [1.165, 1.54) is 263 Å². The molecule has 0 fully saturated rings. The lowest BCUT2D eigenvalue weighted by Gasteiger charge is -2.26. The summed E-state index contributed by atoms with van der Waals surface area (Å²) in [5.74, 6) is -0.144. The van der Waals surface area contributed by atoms with E-state index >= 15 is 0 Å². The molecule has 7 nitrogen and oxygen atoms in total. The summed E-state index contributed by atoms with van der Waals surface area (Å²) in [5.41, 5.74) is 0. The Hall–Kier alpha value is -1.70. The molecule has 0 aliphatic carbocycles. The summed E-state index contributed by atoms with van der Waals surface area (Å²) in [6.45, 7) is 4.76. The van der Waals surface area contributed by atoms with E-state index in [9.17, 15) is 24.9 Å². The number of aliphatic hydroxyl groups is 3. The molecule has 0 rings (SSSR count). The average molecular weight is 1040 g/mol. The van der Waals surface area contributed by atoms with E-state index < -0.39 is 18.2 Å². The third-order valence-electron chi connectivity index (χ3n) is 15.6. The Morgan fingerprint density at radius 2 is 0.703 bits per heavy atom. The van der Waals surface area contributed by atoms with Gasteiger partial charge in [-0.1, -0.05) is 314 Å². The number of esters is 1. The second-order valence-electron chi connectivity index (χ2n) is 22.9. The molecule has 0 unspecified atom stereocenters. The lowest BCUT2D eigenvalue weighted by atomic mass is 9.99. The fourth-order valence-corrected chi connectivity index (χ4v) is 10.5. The Kier molecular flexibility index (Phi) is 60.7. The highest BCUT2D eigenvalue weighted by Gasteiger charge is 2.27. The van der Waals surface area contributed by atoms with Gasteiger partial charge >= 0.3 is 5.97 Å². The van der Waals surface area contributed by atoms with Crippen molar-refractivity contribution in [2.75, 3.05) is 13.2 Å². The minimum absolute atomic E-state index is 0.000530. The number of carbonyl (C=O) groups is 2. The maximum absolute atomic E-state index is 12.5. The van der Waals surface area contributed by atoms with Crippen LogP contribution in [-0.4, -0.2) is 58.7 Å². The van der Waals surface area contributed by atoms with Crippen LogP contribution in [0.25, 0.3) is 0 Å². The Bertz CT molecular complexity index is 1170. The van der Waals surface area contributed by atoms with Crippen LogP contribution in [0.4, 0.5) is 0 Å². The highest BCUT2D eigenvalue weighted by Crippen LogP contribution is 2.19. The Balaban J connectivity index is 3.40. The minimum atomic E-state index is -1.14. The number of unbranched alkanes of at least 4 members (excludes halogenated alkanes) is 46. The Morgan fingerprint density at radius 1 is 0.392 bits per heavy atom. The van der Waals surface area contributed by atoms with Gasteiger partial charge in [0.1, 0.15) is 6.10 Å². The summed E-state index contributed by atoms with van der Waals surface area (Å²) in [6.07, 6.45) is 73.7. The van der Waals surface area contributed by atoms with Gasteiger partial charge in [-0.2, -0.15) is 0 Å². The van der Waals surface area contributed by atoms with E-state index in [2.05, 4.69) is 43.5 Å². The van der Waals surface area contributed by atoms with Gasteiger partial charge in [0, 0.05) is 12.8 Å². The van der Waals surface area contributed by atoms with Crippen LogP contribution in [0.15, 0.2) is 24.3 Å². The number of aliphatic hydroxyl groups excluding tert-OH is 3. The first kappa shape index (κ1) is 72.3. The van der Waals surface area contributed by atoms with E-state index in [1.54, 1.807) is 0 Å². The molecule has 7 heteroatoms. The summed E-state index contributed by atoms with van der Waals surface area (Å²) in [5, 5.41) is 33.7. The summed E-state index contributed by atoms with van der Waals surface area (Å²) >= 11 is 0. The quantitative estimate of drug-likeness (QED) is 0.0274. The molecule has 0 aliphatic heterocycles. The summed E-state index contributed by atoms with van der Waals surface area (Å²) < 4.78 is 5.48. The first-order valence-corrected chi connectivity index (χ1v) is 33.2. The SMILES string of the molecule is CCCCC/C=C\C/C=C\CCCCCCCC(=O)OCCCCCCCCCCCCCCCCCCCCCCCCCCCCC(=O)N[C@@H](CO)[C@H](O)[C@H](O)CCCCCCCCCCCCCCCC. The van der Waals surface area contributed by atoms with E-state index in [-0.39, 0.29) is 18.5 Å². The zero-order valence-electron chi connectivity index (χ0n) is 49.7. The Labute approximate surface area is 461 Å². The molecule has 0 saturated carbocycles. The van der Waals surface area contributed by atoms with Crippen molar-refractivity contribution in [2.24, 2.45) is 0 Å². The van der Waals surface area contributed by atoms with Crippen LogP contribution in [-0.2, 0) is 14.3 Å². The smallest absolute Gasteiger partial charge is 0.305 e. The van der Waals surface area contributed by atoms with Gasteiger partial charge < -0.3 is 25.4 Å². The van der Waals surface area contributed by atoms with Crippen LogP contribution in [0.5, 0.6) is 0 Å². The average Bonchev–Trinajstić information content (AvgIpc) is 3.40. The van der Waals surface area contributed by atoms with Gasteiger partial charge in [-0.25, -0.2) is 0 Å². The van der Waals surface area contributed by atoms with Gasteiger partial charge in [0.05, 0.1) is 25.4 Å². The van der Waals surface area contributed by atoms with Crippen molar-refractivity contribution < 1.29 is 29.6 Å². The molecule has 0 heterocycles. The number of hydrogen-bond acceptors (Lipinski definition) is 6. The zero-order valence-corrected chi connectivity index (χ0v) is 49.7.